The average Bonchev–Trinajstić information content (AvgIpc) is 3.97. The molecular weight excluding hydrogens is 687 g/mol. The Bertz CT molecular complexity index is 2590. The molecule has 3 unspecified atom stereocenters. The number of rotatable bonds is 7. The van der Waals surface area contributed by atoms with E-state index >= 15 is 0 Å². The molecule has 2 bridgehead atoms. The SMILES string of the molecule is CC1(C)c2cc(-c3ccc(-c4ccccc4)cc3)ccc2-c2ccc(N(c3ccc(C4CC5CCC4C5)cc3)c3ccc4ccc(C5CCCCC5)cc4c3)cc21. The molecule has 0 aliphatic heterocycles. The van der Waals surface area contributed by atoms with E-state index in [1.165, 1.54) is 141 Å². The number of benzene rings is 7. The Morgan fingerprint density at radius 3 is 1.81 bits per heavy atom. The summed E-state index contributed by atoms with van der Waals surface area (Å²) in [7, 11) is 0. The molecule has 1 nitrogen and oxygen atoms in total. The van der Waals surface area contributed by atoms with Crippen LogP contribution in [0.5, 0.6) is 0 Å². The van der Waals surface area contributed by atoms with Crippen molar-refractivity contribution in [1.29, 1.82) is 0 Å². The summed E-state index contributed by atoms with van der Waals surface area (Å²) in [6.45, 7) is 4.84. The van der Waals surface area contributed by atoms with Crippen LogP contribution in [-0.4, -0.2) is 0 Å². The zero-order chi connectivity index (χ0) is 38.1. The molecule has 282 valence electrons. The second kappa shape index (κ2) is 13.9. The largest absolute Gasteiger partial charge is 0.310 e. The standard InChI is InChI=1S/C56H53N/c1-56(2)54-35-45(41-17-15-40(16-18-41)38-9-5-3-6-10-38)24-29-51(54)52-30-28-50(36-55(52)56)57(48-25-22-43(23-26-48)53-32-37-13-14-46(53)31-37)49-27-21-42-19-20-44(33-47(42)34-49)39-11-7-4-8-12-39/h3,5-6,9-10,15-30,33-37,39,46,53H,4,7-8,11-14,31-32H2,1-2H3. The third-order valence-corrected chi connectivity index (χ3v) is 14.7. The summed E-state index contributed by atoms with van der Waals surface area (Å²) in [4.78, 5) is 2.52. The highest BCUT2D eigenvalue weighted by molar-refractivity contribution is 5.91. The number of fused-ring (bicyclic) bond motifs is 6. The van der Waals surface area contributed by atoms with Gasteiger partial charge in [-0.25, -0.2) is 0 Å². The summed E-state index contributed by atoms with van der Waals surface area (Å²) in [5, 5.41) is 2.67. The van der Waals surface area contributed by atoms with Gasteiger partial charge in [-0.3, -0.25) is 0 Å². The lowest BCUT2D eigenvalue weighted by atomic mass is 9.81. The van der Waals surface area contributed by atoms with Gasteiger partial charge in [0.25, 0.3) is 0 Å². The van der Waals surface area contributed by atoms with Crippen molar-refractivity contribution in [3.63, 3.8) is 0 Å². The average molecular weight is 740 g/mol. The van der Waals surface area contributed by atoms with E-state index in [1.807, 2.05) is 0 Å². The van der Waals surface area contributed by atoms with E-state index in [4.69, 9.17) is 0 Å². The van der Waals surface area contributed by atoms with Gasteiger partial charge in [0.2, 0.25) is 0 Å². The van der Waals surface area contributed by atoms with Crippen LogP contribution in [-0.2, 0) is 5.41 Å². The number of hydrogen-bond donors (Lipinski definition) is 0. The number of nitrogens with zero attached hydrogens (tertiary/aromatic N) is 1. The van der Waals surface area contributed by atoms with Gasteiger partial charge in [0, 0.05) is 22.5 Å². The molecule has 0 amide bonds. The highest BCUT2D eigenvalue weighted by Gasteiger charge is 2.40. The van der Waals surface area contributed by atoms with Crippen LogP contribution >= 0.6 is 0 Å². The van der Waals surface area contributed by atoms with Gasteiger partial charge in [-0.1, -0.05) is 149 Å². The van der Waals surface area contributed by atoms with Crippen molar-refractivity contribution >= 4 is 27.8 Å². The lowest BCUT2D eigenvalue weighted by molar-refractivity contribution is 0.420. The lowest BCUT2D eigenvalue weighted by Crippen LogP contribution is -2.17. The van der Waals surface area contributed by atoms with Crippen molar-refractivity contribution < 1.29 is 0 Å². The van der Waals surface area contributed by atoms with Crippen molar-refractivity contribution in [2.45, 2.75) is 88.9 Å². The van der Waals surface area contributed by atoms with Crippen LogP contribution in [0.2, 0.25) is 0 Å². The van der Waals surface area contributed by atoms with Gasteiger partial charge < -0.3 is 4.90 Å². The summed E-state index contributed by atoms with van der Waals surface area (Å²) in [5.41, 5.74) is 17.1. The highest BCUT2D eigenvalue weighted by atomic mass is 15.1. The van der Waals surface area contributed by atoms with Crippen molar-refractivity contribution in [3.8, 4) is 33.4 Å². The first-order valence-corrected chi connectivity index (χ1v) is 21.9. The van der Waals surface area contributed by atoms with Gasteiger partial charge in [0.15, 0.2) is 0 Å². The first-order valence-electron chi connectivity index (χ1n) is 21.9. The molecule has 57 heavy (non-hydrogen) atoms. The summed E-state index contributed by atoms with van der Waals surface area (Å²) >= 11 is 0. The van der Waals surface area contributed by atoms with E-state index in [1.54, 1.807) is 0 Å². The van der Waals surface area contributed by atoms with Gasteiger partial charge >= 0.3 is 0 Å². The lowest BCUT2D eigenvalue weighted by Gasteiger charge is -2.29. The molecule has 0 radical (unpaired) electrons. The van der Waals surface area contributed by atoms with E-state index in [-0.39, 0.29) is 5.41 Å². The van der Waals surface area contributed by atoms with Crippen molar-refractivity contribution in [2.24, 2.45) is 11.8 Å². The Balaban J connectivity index is 0.968. The van der Waals surface area contributed by atoms with Crippen molar-refractivity contribution in [3.05, 3.63) is 174 Å². The third kappa shape index (κ3) is 6.13. The molecule has 0 aromatic heterocycles. The van der Waals surface area contributed by atoms with Crippen molar-refractivity contribution in [1.82, 2.24) is 0 Å². The highest BCUT2D eigenvalue weighted by Crippen LogP contribution is 2.54. The summed E-state index contributed by atoms with van der Waals surface area (Å²) in [5.74, 6) is 3.25. The second-order valence-corrected chi connectivity index (χ2v) is 18.4. The molecule has 3 fully saturated rings. The zero-order valence-electron chi connectivity index (χ0n) is 33.6. The fourth-order valence-electron chi connectivity index (χ4n) is 11.6. The molecular formula is C56H53N. The molecule has 1 heteroatoms. The molecule has 0 heterocycles. The molecule has 3 atom stereocenters. The fraction of sp³-hybridized carbons (Fsp3) is 0.286. The van der Waals surface area contributed by atoms with Crippen LogP contribution in [0, 0.1) is 11.8 Å². The molecule has 0 saturated heterocycles. The first kappa shape index (κ1) is 34.8. The van der Waals surface area contributed by atoms with Gasteiger partial charge in [-0.2, -0.15) is 0 Å². The molecule has 7 aromatic rings. The minimum Gasteiger partial charge on any atom is -0.310 e. The van der Waals surface area contributed by atoms with E-state index in [9.17, 15) is 0 Å². The van der Waals surface area contributed by atoms with Crippen LogP contribution in [0.15, 0.2) is 152 Å². The second-order valence-electron chi connectivity index (χ2n) is 18.4. The number of anilines is 3. The Labute approximate surface area is 339 Å². The van der Waals surface area contributed by atoms with Crippen LogP contribution in [0.4, 0.5) is 17.1 Å². The normalized spacial score (nSPS) is 20.8. The molecule has 11 rings (SSSR count). The molecule has 4 aliphatic rings. The third-order valence-electron chi connectivity index (χ3n) is 14.7. The summed E-state index contributed by atoms with van der Waals surface area (Å²) < 4.78 is 0. The van der Waals surface area contributed by atoms with Crippen LogP contribution in [0.3, 0.4) is 0 Å². The van der Waals surface area contributed by atoms with Crippen molar-refractivity contribution in [2.75, 3.05) is 4.90 Å². The van der Waals surface area contributed by atoms with Crippen LogP contribution in [0.1, 0.15) is 106 Å². The minimum atomic E-state index is -0.143. The Hall–Kier alpha value is -5.40. The topological polar surface area (TPSA) is 3.24 Å². The number of hydrogen-bond acceptors (Lipinski definition) is 1. The fourth-order valence-corrected chi connectivity index (χ4v) is 11.6. The van der Waals surface area contributed by atoms with E-state index in [0.717, 1.165) is 17.8 Å². The molecule has 0 N–H and O–H groups in total. The monoisotopic (exact) mass is 739 g/mol. The van der Waals surface area contributed by atoms with Gasteiger partial charge in [0.05, 0.1) is 0 Å². The Morgan fingerprint density at radius 2 is 1.07 bits per heavy atom. The molecule has 0 spiro atoms. The maximum Gasteiger partial charge on any atom is 0.0468 e. The smallest absolute Gasteiger partial charge is 0.0468 e. The van der Waals surface area contributed by atoms with E-state index in [2.05, 4.69) is 170 Å². The molecule has 4 aliphatic carbocycles. The first-order chi connectivity index (χ1) is 28.0. The quantitative estimate of drug-likeness (QED) is 0.157. The predicted molar refractivity (Wildman–Crippen MR) is 241 cm³/mol. The Morgan fingerprint density at radius 1 is 0.456 bits per heavy atom. The van der Waals surface area contributed by atoms with Crippen LogP contribution in [0.25, 0.3) is 44.2 Å². The predicted octanol–water partition coefficient (Wildman–Crippen LogP) is 15.9. The zero-order valence-corrected chi connectivity index (χ0v) is 33.6. The minimum absolute atomic E-state index is 0.143. The summed E-state index contributed by atoms with van der Waals surface area (Å²) in [6.07, 6.45) is 12.4. The van der Waals surface area contributed by atoms with Gasteiger partial charge in [-0.05, 0) is 165 Å². The Kier molecular flexibility index (Phi) is 8.50. The maximum absolute atomic E-state index is 2.52. The van der Waals surface area contributed by atoms with E-state index in [0.29, 0.717) is 5.92 Å². The molecule has 3 saturated carbocycles. The maximum atomic E-state index is 2.52. The van der Waals surface area contributed by atoms with Crippen LogP contribution < -0.4 is 4.90 Å². The van der Waals surface area contributed by atoms with Gasteiger partial charge in [-0.15, -0.1) is 0 Å². The van der Waals surface area contributed by atoms with Gasteiger partial charge in [0.1, 0.15) is 0 Å². The van der Waals surface area contributed by atoms with E-state index < -0.39 is 0 Å². The molecule has 7 aromatic carbocycles. The summed E-state index contributed by atoms with van der Waals surface area (Å²) in [6, 6.07) is 58.2.